The Bertz CT molecular complexity index is 758. The first-order valence-electron chi connectivity index (χ1n) is 8.11. The van der Waals surface area contributed by atoms with Crippen LogP contribution in [0.2, 0.25) is 0 Å². The second kappa shape index (κ2) is 7.06. The number of aliphatic hydroxyl groups excluding tert-OH is 2. The Labute approximate surface area is 141 Å². The normalized spacial score (nSPS) is 29.4. The number of carbonyl (C=O) groups excluding carboxylic acids is 1. The second-order valence-corrected chi connectivity index (χ2v) is 6.56. The van der Waals surface area contributed by atoms with Gasteiger partial charge in [-0.1, -0.05) is 0 Å². The molecule has 1 saturated carbocycles. The minimum absolute atomic E-state index is 0.0557. The highest BCUT2D eigenvalue weighted by Gasteiger charge is 2.39. The molecular formula is C15H20FN3O6. The zero-order chi connectivity index (χ0) is 18.1. The Kier molecular flexibility index (Phi) is 5.02. The number of hydrogen-bond acceptors (Lipinski definition) is 6. The van der Waals surface area contributed by atoms with Gasteiger partial charge in [0.25, 0.3) is 5.56 Å². The lowest BCUT2D eigenvalue weighted by Gasteiger charge is -2.38. The maximum atomic E-state index is 13.3. The average Bonchev–Trinajstić information content (AvgIpc) is 3.36. The average molecular weight is 357 g/mol. The van der Waals surface area contributed by atoms with Gasteiger partial charge in [0.15, 0.2) is 0 Å². The molecule has 2 heterocycles. The number of nitrogens with one attached hydrogen (secondary N) is 2. The third-order valence-electron chi connectivity index (χ3n) is 4.49. The Balaban J connectivity index is 1.62. The van der Waals surface area contributed by atoms with Gasteiger partial charge in [-0.15, -0.1) is 0 Å². The molecule has 1 saturated heterocycles. The molecule has 9 nitrogen and oxygen atoms in total. The molecule has 0 spiro atoms. The molecule has 2 fully saturated rings. The van der Waals surface area contributed by atoms with E-state index >= 15 is 0 Å². The number of H-pyrrole nitrogens is 1. The third-order valence-corrected chi connectivity index (χ3v) is 4.49. The van der Waals surface area contributed by atoms with Gasteiger partial charge in [0, 0.05) is 6.42 Å². The Hall–Kier alpha value is -2.04. The van der Waals surface area contributed by atoms with Crippen molar-refractivity contribution in [2.75, 3.05) is 6.61 Å². The van der Waals surface area contributed by atoms with Crippen LogP contribution in [-0.2, 0) is 16.1 Å². The van der Waals surface area contributed by atoms with Crippen molar-refractivity contribution in [3.63, 3.8) is 0 Å². The number of aromatic nitrogens is 2. The minimum Gasteiger partial charge on any atom is -0.388 e. The van der Waals surface area contributed by atoms with E-state index in [-0.39, 0.29) is 19.1 Å². The van der Waals surface area contributed by atoms with E-state index in [4.69, 9.17) is 4.74 Å². The van der Waals surface area contributed by atoms with E-state index in [1.54, 1.807) is 4.98 Å². The summed E-state index contributed by atoms with van der Waals surface area (Å²) >= 11 is 0. The summed E-state index contributed by atoms with van der Waals surface area (Å²) in [5, 5.41) is 23.0. The first-order chi connectivity index (χ1) is 11.8. The number of amides is 1. The van der Waals surface area contributed by atoms with E-state index in [0.717, 1.165) is 17.4 Å². The van der Waals surface area contributed by atoms with E-state index < -0.39 is 41.4 Å². The number of halogens is 1. The van der Waals surface area contributed by atoms with Gasteiger partial charge >= 0.3 is 5.69 Å². The molecule has 3 rings (SSSR count). The van der Waals surface area contributed by atoms with Crippen LogP contribution in [0.1, 0.15) is 19.3 Å². The number of nitrogens with zero attached hydrogens (tertiary/aromatic N) is 1. The van der Waals surface area contributed by atoms with Crippen LogP contribution in [0, 0.1) is 11.7 Å². The van der Waals surface area contributed by atoms with E-state index in [0.29, 0.717) is 18.5 Å². The monoisotopic (exact) mass is 357 g/mol. The third kappa shape index (κ3) is 4.14. The van der Waals surface area contributed by atoms with Gasteiger partial charge in [0.2, 0.25) is 11.7 Å². The number of hydrogen-bond donors (Lipinski definition) is 4. The van der Waals surface area contributed by atoms with Crippen molar-refractivity contribution in [3.05, 3.63) is 32.9 Å². The molecule has 1 aromatic rings. The van der Waals surface area contributed by atoms with Gasteiger partial charge in [-0.25, -0.2) is 4.79 Å². The highest BCUT2D eigenvalue weighted by molar-refractivity contribution is 5.76. The molecule has 0 bridgehead atoms. The fourth-order valence-electron chi connectivity index (χ4n) is 2.83. The van der Waals surface area contributed by atoms with E-state index in [9.17, 15) is 29.0 Å². The topological polar surface area (TPSA) is 134 Å². The maximum absolute atomic E-state index is 13.3. The summed E-state index contributed by atoms with van der Waals surface area (Å²) in [5.74, 6) is -0.961. The van der Waals surface area contributed by atoms with Gasteiger partial charge in [-0.3, -0.25) is 19.1 Å². The smallest absolute Gasteiger partial charge is 0.328 e. The van der Waals surface area contributed by atoms with Crippen molar-refractivity contribution >= 4 is 5.91 Å². The number of ether oxygens (including phenoxy) is 1. The molecule has 0 unspecified atom stereocenters. The molecule has 25 heavy (non-hydrogen) atoms. The summed E-state index contributed by atoms with van der Waals surface area (Å²) in [4.78, 5) is 36.3. The predicted molar refractivity (Wildman–Crippen MR) is 82.3 cm³/mol. The molecule has 4 N–H and O–H groups in total. The van der Waals surface area contributed by atoms with E-state index in [1.165, 1.54) is 0 Å². The summed E-state index contributed by atoms with van der Waals surface area (Å²) in [6.07, 6.45) is -0.526. The largest absolute Gasteiger partial charge is 0.388 e. The van der Waals surface area contributed by atoms with Crippen LogP contribution < -0.4 is 16.6 Å². The van der Waals surface area contributed by atoms with Crippen molar-refractivity contribution in [1.82, 2.24) is 14.9 Å². The Morgan fingerprint density at radius 3 is 2.76 bits per heavy atom. The summed E-state index contributed by atoms with van der Waals surface area (Å²) in [5.41, 5.74) is -1.98. The van der Waals surface area contributed by atoms with Crippen molar-refractivity contribution in [2.24, 2.45) is 5.92 Å². The number of rotatable bonds is 5. The molecular weight excluding hydrogens is 337 g/mol. The Morgan fingerprint density at radius 1 is 1.36 bits per heavy atom. The summed E-state index contributed by atoms with van der Waals surface area (Å²) in [6, 6.07) is -0.762. The molecule has 1 aliphatic heterocycles. The van der Waals surface area contributed by atoms with Crippen LogP contribution in [0.5, 0.6) is 0 Å². The number of carbonyl (C=O) groups is 1. The molecule has 4 atom stereocenters. The summed E-state index contributed by atoms with van der Waals surface area (Å²) in [7, 11) is 0. The summed E-state index contributed by atoms with van der Waals surface area (Å²) < 4.78 is 19.6. The Morgan fingerprint density at radius 2 is 2.08 bits per heavy atom. The van der Waals surface area contributed by atoms with Gasteiger partial charge < -0.3 is 20.3 Å². The van der Waals surface area contributed by atoms with Crippen LogP contribution in [0.3, 0.4) is 0 Å². The van der Waals surface area contributed by atoms with Crippen molar-refractivity contribution in [1.29, 1.82) is 0 Å². The summed E-state index contributed by atoms with van der Waals surface area (Å²) in [6.45, 7) is -0.312. The first kappa shape index (κ1) is 17.8. The van der Waals surface area contributed by atoms with Crippen molar-refractivity contribution in [2.45, 2.75) is 50.2 Å². The number of aliphatic hydroxyl groups is 2. The van der Waals surface area contributed by atoms with Gasteiger partial charge in [-0.2, -0.15) is 4.39 Å². The minimum atomic E-state index is -1.39. The fourth-order valence-corrected chi connectivity index (χ4v) is 2.83. The molecule has 138 valence electrons. The van der Waals surface area contributed by atoms with Crippen LogP contribution in [0.4, 0.5) is 4.39 Å². The maximum Gasteiger partial charge on any atom is 0.328 e. The molecule has 0 aromatic carbocycles. The predicted octanol–water partition coefficient (Wildman–Crippen LogP) is -1.92. The standard InChI is InChI=1S/C15H20FN3O6/c16-8-4-19(15(24)18-14(8)23)5-10-13(22)12(21)9(6-25-10)17-11(20)3-7-1-2-7/h4,7,9-10,12-13,21-22H,1-3,5-6H2,(H,17,20)(H,18,23,24)/t9-,10-,12+,13-/m1/s1. The highest BCUT2D eigenvalue weighted by atomic mass is 19.1. The zero-order valence-corrected chi connectivity index (χ0v) is 13.4. The van der Waals surface area contributed by atoms with Crippen LogP contribution in [-0.4, -0.2) is 56.6 Å². The quantitative estimate of drug-likeness (QED) is 0.486. The highest BCUT2D eigenvalue weighted by Crippen LogP contribution is 2.32. The van der Waals surface area contributed by atoms with Crippen LogP contribution >= 0.6 is 0 Å². The molecule has 0 radical (unpaired) electrons. The zero-order valence-electron chi connectivity index (χ0n) is 13.4. The van der Waals surface area contributed by atoms with Crippen LogP contribution in [0.25, 0.3) is 0 Å². The van der Waals surface area contributed by atoms with Crippen molar-refractivity contribution < 1.29 is 24.1 Å². The molecule has 1 aromatic heterocycles. The molecule has 1 aliphatic carbocycles. The lowest BCUT2D eigenvalue weighted by atomic mass is 9.97. The van der Waals surface area contributed by atoms with Crippen LogP contribution in [0.15, 0.2) is 15.8 Å². The number of aromatic amines is 1. The van der Waals surface area contributed by atoms with E-state index in [1.807, 2.05) is 0 Å². The van der Waals surface area contributed by atoms with Gasteiger partial charge in [-0.05, 0) is 18.8 Å². The molecule has 10 heteroatoms. The second-order valence-electron chi connectivity index (χ2n) is 6.56. The fraction of sp³-hybridized carbons (Fsp3) is 0.667. The van der Waals surface area contributed by atoms with Crippen molar-refractivity contribution in [3.8, 4) is 0 Å². The lowest BCUT2D eigenvalue weighted by Crippen LogP contribution is -2.60. The lowest BCUT2D eigenvalue weighted by molar-refractivity contribution is -0.158. The SMILES string of the molecule is O=C(CC1CC1)N[C@@H]1CO[C@H](Cn2cc(F)c(=O)[nH]c2=O)[C@@H](O)[C@H]1O. The molecule has 1 amide bonds. The molecule has 2 aliphatic rings. The van der Waals surface area contributed by atoms with Gasteiger partial charge in [0.05, 0.1) is 25.4 Å². The van der Waals surface area contributed by atoms with Gasteiger partial charge in [0.1, 0.15) is 18.3 Å². The first-order valence-corrected chi connectivity index (χ1v) is 8.11. The van der Waals surface area contributed by atoms with E-state index in [2.05, 4.69) is 5.32 Å².